The van der Waals surface area contributed by atoms with Crippen LogP contribution in [0.2, 0.25) is 0 Å². The Kier molecular flexibility index (Phi) is 8.98. The standard InChI is InChI=1S/C24H42N4O2/c1(3-5-10-14-24-25-27-28-26-24)2-4-9-13-20-21(23-16-15-22(20)30-23)18-29-17-19-11-7-6-8-12-19/h19-23H,1-18H2,(H,25,26,27,28). The highest BCUT2D eigenvalue weighted by Gasteiger charge is 2.48. The molecule has 2 bridgehead atoms. The van der Waals surface area contributed by atoms with Crippen molar-refractivity contribution in [3.8, 4) is 0 Å². The number of ether oxygens (including phenoxy) is 2. The van der Waals surface area contributed by atoms with Gasteiger partial charge in [0.2, 0.25) is 0 Å². The summed E-state index contributed by atoms with van der Waals surface area (Å²) >= 11 is 0. The predicted molar refractivity (Wildman–Crippen MR) is 117 cm³/mol. The molecule has 1 aromatic rings. The van der Waals surface area contributed by atoms with Gasteiger partial charge in [0.15, 0.2) is 0 Å². The Morgan fingerprint density at radius 1 is 0.800 bits per heavy atom. The van der Waals surface area contributed by atoms with E-state index in [0.717, 1.165) is 37.3 Å². The van der Waals surface area contributed by atoms with Crippen LogP contribution in [0.25, 0.3) is 0 Å². The molecule has 4 unspecified atom stereocenters. The number of fused-ring (bicyclic) bond motifs is 2. The molecule has 170 valence electrons. The van der Waals surface area contributed by atoms with Crippen molar-refractivity contribution < 1.29 is 9.47 Å². The van der Waals surface area contributed by atoms with E-state index in [9.17, 15) is 0 Å². The first-order valence-electron chi connectivity index (χ1n) is 12.9. The van der Waals surface area contributed by atoms with E-state index in [1.807, 2.05) is 0 Å². The van der Waals surface area contributed by atoms with Crippen LogP contribution < -0.4 is 0 Å². The summed E-state index contributed by atoms with van der Waals surface area (Å²) in [6, 6.07) is 0. The molecular formula is C24H42N4O2. The number of hydrogen-bond donors (Lipinski definition) is 1. The number of nitrogens with one attached hydrogen (secondary N) is 1. The molecule has 3 fully saturated rings. The Hall–Kier alpha value is -1.01. The monoisotopic (exact) mass is 418 g/mol. The number of aromatic amines is 1. The van der Waals surface area contributed by atoms with Crippen molar-refractivity contribution >= 4 is 0 Å². The summed E-state index contributed by atoms with van der Waals surface area (Å²) in [5.74, 6) is 3.16. The molecule has 1 aliphatic carbocycles. The van der Waals surface area contributed by atoms with Gasteiger partial charge in [-0.05, 0) is 60.8 Å². The molecule has 2 aliphatic heterocycles. The maximum atomic E-state index is 6.30. The van der Waals surface area contributed by atoms with Gasteiger partial charge < -0.3 is 9.47 Å². The number of rotatable bonds is 14. The van der Waals surface area contributed by atoms with E-state index < -0.39 is 0 Å². The van der Waals surface area contributed by atoms with Gasteiger partial charge in [0.05, 0.1) is 18.8 Å². The Balaban J connectivity index is 1.04. The van der Waals surface area contributed by atoms with E-state index in [0.29, 0.717) is 18.1 Å². The number of aryl methyl sites for hydroxylation is 1. The van der Waals surface area contributed by atoms with Crippen LogP contribution in [-0.2, 0) is 15.9 Å². The van der Waals surface area contributed by atoms with Crippen molar-refractivity contribution in [3.05, 3.63) is 5.82 Å². The zero-order valence-corrected chi connectivity index (χ0v) is 18.8. The molecule has 0 spiro atoms. The van der Waals surface area contributed by atoms with Crippen molar-refractivity contribution in [2.24, 2.45) is 17.8 Å². The first kappa shape index (κ1) is 22.2. The number of aromatic nitrogens is 4. The molecule has 1 saturated carbocycles. The Labute approximate surface area is 182 Å². The quantitative estimate of drug-likeness (QED) is 0.418. The highest BCUT2D eigenvalue weighted by atomic mass is 16.5. The molecule has 4 atom stereocenters. The summed E-state index contributed by atoms with van der Waals surface area (Å²) < 4.78 is 12.6. The van der Waals surface area contributed by atoms with Gasteiger partial charge in [0.25, 0.3) is 0 Å². The molecule has 0 aromatic carbocycles. The minimum atomic E-state index is 0.492. The summed E-state index contributed by atoms with van der Waals surface area (Å²) in [5, 5.41) is 14.0. The largest absolute Gasteiger partial charge is 0.381 e. The van der Waals surface area contributed by atoms with E-state index >= 15 is 0 Å². The molecule has 6 nitrogen and oxygen atoms in total. The van der Waals surface area contributed by atoms with Crippen LogP contribution in [0.4, 0.5) is 0 Å². The van der Waals surface area contributed by atoms with Crippen molar-refractivity contribution in [2.75, 3.05) is 13.2 Å². The van der Waals surface area contributed by atoms with Crippen LogP contribution in [0.1, 0.15) is 102 Å². The number of tetrazole rings is 1. The second-order valence-corrected chi connectivity index (χ2v) is 10.0. The van der Waals surface area contributed by atoms with Gasteiger partial charge in [-0.2, -0.15) is 0 Å². The predicted octanol–water partition coefficient (Wildman–Crippen LogP) is 5.25. The Morgan fingerprint density at radius 2 is 1.53 bits per heavy atom. The molecule has 4 rings (SSSR count). The van der Waals surface area contributed by atoms with Crippen molar-refractivity contribution in [1.29, 1.82) is 0 Å². The number of unbranched alkanes of at least 4 members (excludes halogenated alkanes) is 6. The van der Waals surface area contributed by atoms with Crippen molar-refractivity contribution in [2.45, 2.75) is 115 Å². The molecule has 30 heavy (non-hydrogen) atoms. The molecule has 3 heterocycles. The molecule has 3 aliphatic rings. The van der Waals surface area contributed by atoms with E-state index in [1.165, 1.54) is 96.3 Å². The minimum Gasteiger partial charge on any atom is -0.381 e. The Morgan fingerprint density at radius 3 is 2.30 bits per heavy atom. The fourth-order valence-electron chi connectivity index (χ4n) is 6.07. The lowest BCUT2D eigenvalue weighted by molar-refractivity contribution is 0.0273. The van der Waals surface area contributed by atoms with Gasteiger partial charge in [-0.1, -0.05) is 57.8 Å². The molecule has 6 heteroatoms. The molecule has 0 radical (unpaired) electrons. The summed E-state index contributed by atoms with van der Waals surface area (Å²) in [6.07, 6.45) is 22.2. The van der Waals surface area contributed by atoms with Gasteiger partial charge in [-0.3, -0.25) is 0 Å². The third-order valence-corrected chi connectivity index (χ3v) is 7.82. The maximum Gasteiger partial charge on any atom is 0.148 e. The van der Waals surface area contributed by atoms with Crippen LogP contribution >= 0.6 is 0 Å². The van der Waals surface area contributed by atoms with E-state index in [-0.39, 0.29) is 0 Å². The number of hydrogen-bond acceptors (Lipinski definition) is 5. The third-order valence-electron chi connectivity index (χ3n) is 7.82. The lowest BCUT2D eigenvalue weighted by Crippen LogP contribution is -2.31. The highest BCUT2D eigenvalue weighted by Crippen LogP contribution is 2.45. The lowest BCUT2D eigenvalue weighted by Gasteiger charge is -2.29. The van der Waals surface area contributed by atoms with E-state index in [2.05, 4.69) is 20.6 Å². The van der Waals surface area contributed by atoms with Crippen LogP contribution in [0, 0.1) is 17.8 Å². The topological polar surface area (TPSA) is 72.9 Å². The van der Waals surface area contributed by atoms with Gasteiger partial charge in [0.1, 0.15) is 5.82 Å². The van der Waals surface area contributed by atoms with Gasteiger partial charge in [-0.25, -0.2) is 5.10 Å². The summed E-state index contributed by atoms with van der Waals surface area (Å²) in [4.78, 5) is 0. The fraction of sp³-hybridized carbons (Fsp3) is 0.958. The van der Waals surface area contributed by atoms with E-state index in [4.69, 9.17) is 9.47 Å². The number of nitrogens with zero attached hydrogens (tertiary/aromatic N) is 3. The zero-order valence-electron chi connectivity index (χ0n) is 18.8. The van der Waals surface area contributed by atoms with Gasteiger partial charge in [0, 0.05) is 18.9 Å². The van der Waals surface area contributed by atoms with Crippen LogP contribution in [0.3, 0.4) is 0 Å². The number of H-pyrrole nitrogens is 1. The van der Waals surface area contributed by atoms with Crippen LogP contribution in [0.15, 0.2) is 0 Å². The first-order chi connectivity index (χ1) is 14.9. The van der Waals surface area contributed by atoms with Crippen LogP contribution in [0.5, 0.6) is 0 Å². The second-order valence-electron chi connectivity index (χ2n) is 10.0. The van der Waals surface area contributed by atoms with Gasteiger partial charge in [-0.15, -0.1) is 5.10 Å². The lowest BCUT2D eigenvalue weighted by atomic mass is 9.77. The molecule has 1 N–H and O–H groups in total. The van der Waals surface area contributed by atoms with E-state index in [1.54, 1.807) is 0 Å². The summed E-state index contributed by atoms with van der Waals surface area (Å²) in [7, 11) is 0. The zero-order chi connectivity index (χ0) is 20.4. The van der Waals surface area contributed by atoms with Crippen molar-refractivity contribution in [1.82, 2.24) is 20.6 Å². The smallest absolute Gasteiger partial charge is 0.148 e. The second kappa shape index (κ2) is 12.1. The van der Waals surface area contributed by atoms with Crippen molar-refractivity contribution in [3.63, 3.8) is 0 Å². The SMILES string of the molecule is C(CCCCc1nnn[nH]1)CCCCC1C2CCC(O2)C1COCC1CCCCC1. The first-order valence-corrected chi connectivity index (χ1v) is 12.9. The average Bonchev–Trinajstić information content (AvgIpc) is 3.52. The highest BCUT2D eigenvalue weighted by molar-refractivity contribution is 4.96. The maximum absolute atomic E-state index is 6.30. The molecule has 2 saturated heterocycles. The molecule has 1 aromatic heterocycles. The minimum absolute atomic E-state index is 0.492. The fourth-order valence-corrected chi connectivity index (χ4v) is 6.07. The Bertz CT molecular complexity index is 576. The average molecular weight is 419 g/mol. The summed E-state index contributed by atoms with van der Waals surface area (Å²) in [6.45, 7) is 1.94. The molecular weight excluding hydrogens is 376 g/mol. The summed E-state index contributed by atoms with van der Waals surface area (Å²) in [5.41, 5.74) is 0. The van der Waals surface area contributed by atoms with Gasteiger partial charge >= 0.3 is 0 Å². The third kappa shape index (κ3) is 6.49. The normalized spacial score (nSPS) is 29.1. The van der Waals surface area contributed by atoms with Crippen LogP contribution in [-0.4, -0.2) is 46.0 Å². The molecule has 0 amide bonds.